The van der Waals surface area contributed by atoms with Crippen LogP contribution < -0.4 is 0 Å². The van der Waals surface area contributed by atoms with E-state index in [0.29, 0.717) is 5.39 Å². The summed E-state index contributed by atoms with van der Waals surface area (Å²) in [4.78, 5) is 4.00. The molecule has 0 bridgehead atoms. The number of hydrogen-bond acceptors (Lipinski definition) is 2. The highest BCUT2D eigenvalue weighted by molar-refractivity contribution is 7.98. The topological polar surface area (TPSA) is 12.9 Å². The standard InChI is InChI=1S/C13H12F3NS/c1-8(18-2)12-11(13(14,15)16)10-6-4-3-5-9(10)7-17-12/h3-8H,1-2H3. The predicted octanol–water partition coefficient (Wildman–Crippen LogP) is 4.68. The maximum absolute atomic E-state index is 13.2. The molecule has 1 aromatic carbocycles. The Morgan fingerprint density at radius 3 is 2.50 bits per heavy atom. The number of hydrogen-bond donors (Lipinski definition) is 0. The molecule has 0 fully saturated rings. The maximum atomic E-state index is 13.2. The third kappa shape index (κ3) is 2.32. The van der Waals surface area contributed by atoms with E-state index in [4.69, 9.17) is 0 Å². The molecule has 1 nitrogen and oxygen atoms in total. The number of aromatic nitrogens is 1. The molecule has 0 N–H and O–H groups in total. The summed E-state index contributed by atoms with van der Waals surface area (Å²) in [5.41, 5.74) is -0.504. The number of alkyl halides is 3. The number of nitrogens with zero attached hydrogens (tertiary/aromatic N) is 1. The Balaban J connectivity index is 2.80. The van der Waals surface area contributed by atoms with Crippen molar-refractivity contribution in [2.75, 3.05) is 6.26 Å². The quantitative estimate of drug-likeness (QED) is 0.786. The van der Waals surface area contributed by atoms with E-state index in [1.54, 1.807) is 31.4 Å². The molecule has 0 amide bonds. The van der Waals surface area contributed by atoms with Crippen molar-refractivity contribution in [3.05, 3.63) is 41.7 Å². The molecule has 2 rings (SSSR count). The van der Waals surface area contributed by atoms with Gasteiger partial charge in [0.25, 0.3) is 0 Å². The van der Waals surface area contributed by atoms with Gasteiger partial charge < -0.3 is 0 Å². The number of halogens is 3. The van der Waals surface area contributed by atoms with Crippen LogP contribution in [-0.2, 0) is 6.18 Å². The van der Waals surface area contributed by atoms with Crippen molar-refractivity contribution in [2.45, 2.75) is 18.3 Å². The normalized spacial score (nSPS) is 13.8. The van der Waals surface area contributed by atoms with Gasteiger partial charge in [-0.05, 0) is 18.6 Å². The second kappa shape index (κ2) is 4.80. The van der Waals surface area contributed by atoms with E-state index in [9.17, 15) is 13.2 Å². The lowest BCUT2D eigenvalue weighted by Gasteiger charge is -2.18. The van der Waals surface area contributed by atoms with E-state index in [0.717, 1.165) is 0 Å². The second-order valence-electron chi connectivity index (χ2n) is 3.98. The number of pyridine rings is 1. The van der Waals surface area contributed by atoms with Crippen LogP contribution >= 0.6 is 11.8 Å². The van der Waals surface area contributed by atoms with Crippen molar-refractivity contribution in [2.24, 2.45) is 0 Å². The highest BCUT2D eigenvalue weighted by Gasteiger charge is 2.37. The molecule has 96 valence electrons. The summed E-state index contributed by atoms with van der Waals surface area (Å²) in [6.45, 7) is 1.73. The summed E-state index contributed by atoms with van der Waals surface area (Å²) < 4.78 is 39.7. The van der Waals surface area contributed by atoms with Gasteiger partial charge in [-0.15, -0.1) is 0 Å². The van der Waals surface area contributed by atoms with Crippen LogP contribution in [0, 0.1) is 0 Å². The van der Waals surface area contributed by atoms with Gasteiger partial charge in [0.15, 0.2) is 0 Å². The molecule has 2 aromatic rings. The van der Waals surface area contributed by atoms with E-state index < -0.39 is 11.7 Å². The van der Waals surface area contributed by atoms with Crippen molar-refractivity contribution in [1.29, 1.82) is 0 Å². The largest absolute Gasteiger partial charge is 0.418 e. The first kappa shape index (κ1) is 13.2. The molecule has 0 aliphatic heterocycles. The maximum Gasteiger partial charge on any atom is 0.418 e. The van der Waals surface area contributed by atoms with E-state index in [1.165, 1.54) is 24.0 Å². The van der Waals surface area contributed by atoms with Crippen LogP contribution in [-0.4, -0.2) is 11.2 Å². The summed E-state index contributed by atoms with van der Waals surface area (Å²) >= 11 is 1.35. The van der Waals surface area contributed by atoms with Gasteiger partial charge in [-0.25, -0.2) is 0 Å². The fourth-order valence-electron chi connectivity index (χ4n) is 1.90. The summed E-state index contributed by atoms with van der Waals surface area (Å²) in [5, 5.41) is 0.448. The van der Waals surface area contributed by atoms with Crippen LogP contribution in [0.4, 0.5) is 13.2 Å². The van der Waals surface area contributed by atoms with E-state index in [-0.39, 0.29) is 16.3 Å². The minimum atomic E-state index is -4.38. The fourth-order valence-corrected chi connectivity index (χ4v) is 2.30. The summed E-state index contributed by atoms with van der Waals surface area (Å²) in [6, 6.07) is 6.47. The monoisotopic (exact) mass is 271 g/mol. The average molecular weight is 271 g/mol. The molecule has 1 aromatic heterocycles. The Hall–Kier alpha value is -1.23. The van der Waals surface area contributed by atoms with Crippen molar-refractivity contribution >= 4 is 22.5 Å². The summed E-state index contributed by atoms with van der Waals surface area (Å²) in [7, 11) is 0. The smallest absolute Gasteiger partial charge is 0.259 e. The molecule has 0 spiro atoms. The molecule has 1 atom stereocenters. The Labute approximate surface area is 107 Å². The molecule has 0 saturated heterocycles. The van der Waals surface area contributed by atoms with Gasteiger partial charge in [0.05, 0.1) is 11.3 Å². The van der Waals surface area contributed by atoms with Gasteiger partial charge >= 0.3 is 6.18 Å². The van der Waals surface area contributed by atoms with Crippen LogP contribution in [0.3, 0.4) is 0 Å². The Kier molecular flexibility index (Phi) is 3.52. The SMILES string of the molecule is CSC(C)c1ncc2ccccc2c1C(F)(F)F. The number of fused-ring (bicyclic) bond motifs is 1. The molecule has 18 heavy (non-hydrogen) atoms. The van der Waals surface area contributed by atoms with Crippen molar-refractivity contribution < 1.29 is 13.2 Å². The van der Waals surface area contributed by atoms with Gasteiger partial charge in [-0.1, -0.05) is 24.3 Å². The molecule has 0 aliphatic rings. The Morgan fingerprint density at radius 1 is 1.22 bits per heavy atom. The first-order valence-electron chi connectivity index (χ1n) is 5.42. The lowest BCUT2D eigenvalue weighted by atomic mass is 10.0. The van der Waals surface area contributed by atoms with Crippen molar-refractivity contribution in [3.63, 3.8) is 0 Å². The Bertz CT molecular complexity index is 566. The molecular weight excluding hydrogens is 259 g/mol. The zero-order valence-corrected chi connectivity index (χ0v) is 10.8. The van der Waals surface area contributed by atoms with Gasteiger partial charge in [-0.3, -0.25) is 4.98 Å². The Morgan fingerprint density at radius 2 is 1.89 bits per heavy atom. The number of rotatable bonds is 2. The highest BCUT2D eigenvalue weighted by Crippen LogP contribution is 2.40. The molecule has 1 heterocycles. The lowest BCUT2D eigenvalue weighted by molar-refractivity contribution is -0.137. The van der Waals surface area contributed by atoms with Crippen LogP contribution in [0.5, 0.6) is 0 Å². The minimum Gasteiger partial charge on any atom is -0.259 e. The molecular formula is C13H12F3NS. The lowest BCUT2D eigenvalue weighted by Crippen LogP contribution is -2.12. The van der Waals surface area contributed by atoms with Crippen LogP contribution in [0.2, 0.25) is 0 Å². The summed E-state index contributed by atoms with van der Waals surface area (Å²) in [5.74, 6) is 0. The fraction of sp³-hybridized carbons (Fsp3) is 0.308. The van der Waals surface area contributed by atoms with Gasteiger partial charge in [0, 0.05) is 16.8 Å². The van der Waals surface area contributed by atoms with Gasteiger partial charge in [0.1, 0.15) is 0 Å². The third-order valence-corrected chi connectivity index (χ3v) is 3.78. The third-order valence-electron chi connectivity index (χ3n) is 2.85. The second-order valence-corrected chi connectivity index (χ2v) is 5.16. The first-order valence-corrected chi connectivity index (χ1v) is 6.71. The molecule has 0 aliphatic carbocycles. The van der Waals surface area contributed by atoms with Crippen LogP contribution in [0.15, 0.2) is 30.5 Å². The molecule has 1 unspecified atom stereocenters. The number of thioether (sulfide) groups is 1. The average Bonchev–Trinajstić information content (AvgIpc) is 2.35. The van der Waals surface area contributed by atoms with Gasteiger partial charge in [-0.2, -0.15) is 24.9 Å². The predicted molar refractivity (Wildman–Crippen MR) is 68.7 cm³/mol. The van der Waals surface area contributed by atoms with E-state index >= 15 is 0 Å². The van der Waals surface area contributed by atoms with Crippen molar-refractivity contribution in [3.8, 4) is 0 Å². The molecule has 0 saturated carbocycles. The summed E-state index contributed by atoms with van der Waals surface area (Å²) in [6.07, 6.45) is -1.10. The highest BCUT2D eigenvalue weighted by atomic mass is 32.2. The minimum absolute atomic E-state index is 0.105. The van der Waals surface area contributed by atoms with Crippen LogP contribution in [0.1, 0.15) is 23.4 Å². The van der Waals surface area contributed by atoms with Gasteiger partial charge in [0.2, 0.25) is 0 Å². The zero-order chi connectivity index (χ0) is 13.3. The number of benzene rings is 1. The van der Waals surface area contributed by atoms with Crippen molar-refractivity contribution in [1.82, 2.24) is 4.98 Å². The zero-order valence-electron chi connectivity index (χ0n) is 9.95. The van der Waals surface area contributed by atoms with Crippen LogP contribution in [0.25, 0.3) is 10.8 Å². The van der Waals surface area contributed by atoms with E-state index in [2.05, 4.69) is 4.98 Å². The van der Waals surface area contributed by atoms with E-state index in [1.807, 2.05) is 0 Å². The first-order chi connectivity index (χ1) is 8.45. The molecule has 0 radical (unpaired) electrons. The molecule has 5 heteroatoms.